The summed E-state index contributed by atoms with van der Waals surface area (Å²) in [5, 5.41) is 0.516. The van der Waals surface area contributed by atoms with Gasteiger partial charge >= 0.3 is 0 Å². The number of hydrogen-bond acceptors (Lipinski definition) is 4. The third-order valence-corrected chi connectivity index (χ3v) is 2.93. The first kappa shape index (κ1) is 12.4. The maximum Gasteiger partial charge on any atom is 0.193 e. The quantitative estimate of drug-likeness (QED) is 0.792. The minimum atomic E-state index is -0.0991. The molecule has 0 amide bonds. The Morgan fingerprint density at radius 2 is 1.80 bits per heavy atom. The number of rotatable bonds is 3. The predicted molar refractivity (Wildman–Crippen MR) is 76.9 cm³/mol. The van der Waals surface area contributed by atoms with Gasteiger partial charge in [-0.2, -0.15) is 0 Å². The molecule has 20 heavy (non-hydrogen) atoms. The van der Waals surface area contributed by atoms with Gasteiger partial charge in [0.1, 0.15) is 22.8 Å². The van der Waals surface area contributed by atoms with Crippen LogP contribution in [-0.4, -0.2) is 0 Å². The molecule has 0 radical (unpaired) electrons. The van der Waals surface area contributed by atoms with E-state index in [9.17, 15) is 4.79 Å². The number of fused-ring (bicyclic) bond motifs is 1. The van der Waals surface area contributed by atoms with Crippen molar-refractivity contribution in [2.24, 2.45) is 5.73 Å². The Balaban J connectivity index is 2.04. The maximum atomic E-state index is 11.9. The first-order valence-electron chi connectivity index (χ1n) is 6.26. The molecule has 0 bridgehead atoms. The number of hydrogen-bond donors (Lipinski definition) is 1. The van der Waals surface area contributed by atoms with Crippen molar-refractivity contribution in [3.8, 4) is 11.5 Å². The fourth-order valence-electron chi connectivity index (χ4n) is 1.97. The van der Waals surface area contributed by atoms with E-state index in [0.717, 1.165) is 5.75 Å². The Hall–Kier alpha value is -2.59. The van der Waals surface area contributed by atoms with Gasteiger partial charge in [0.05, 0.1) is 11.9 Å². The fourth-order valence-corrected chi connectivity index (χ4v) is 1.97. The molecular weight excluding hydrogens is 254 g/mol. The van der Waals surface area contributed by atoms with Crippen molar-refractivity contribution in [3.63, 3.8) is 0 Å². The molecule has 1 heterocycles. The van der Waals surface area contributed by atoms with Gasteiger partial charge in [-0.25, -0.2) is 0 Å². The third kappa shape index (κ3) is 2.41. The van der Waals surface area contributed by atoms with E-state index in [0.29, 0.717) is 22.5 Å². The number of benzene rings is 2. The summed E-state index contributed by atoms with van der Waals surface area (Å²) in [5.41, 5.74) is 5.89. The van der Waals surface area contributed by atoms with E-state index in [1.807, 2.05) is 30.3 Å². The minimum absolute atomic E-state index is 0.0991. The topological polar surface area (TPSA) is 65.5 Å². The Kier molecular flexibility index (Phi) is 3.23. The van der Waals surface area contributed by atoms with Crippen LogP contribution in [-0.2, 0) is 6.54 Å². The van der Waals surface area contributed by atoms with Gasteiger partial charge in [-0.1, -0.05) is 18.2 Å². The summed E-state index contributed by atoms with van der Waals surface area (Å²) in [6, 6.07) is 16.0. The van der Waals surface area contributed by atoms with Crippen LogP contribution in [0.5, 0.6) is 11.5 Å². The molecule has 0 aliphatic carbocycles. The monoisotopic (exact) mass is 267 g/mol. The molecule has 0 atom stereocenters. The van der Waals surface area contributed by atoms with Crippen LogP contribution in [0.3, 0.4) is 0 Å². The maximum absolute atomic E-state index is 11.9. The molecule has 3 rings (SSSR count). The van der Waals surface area contributed by atoms with Crippen LogP contribution in [0.25, 0.3) is 11.0 Å². The minimum Gasteiger partial charge on any atom is -0.459 e. The number of para-hydroxylation sites is 1. The van der Waals surface area contributed by atoms with Crippen LogP contribution in [0.2, 0.25) is 0 Å². The summed E-state index contributed by atoms with van der Waals surface area (Å²) in [6.45, 7) is 0.189. The second-order valence-corrected chi connectivity index (χ2v) is 4.35. The standard InChI is InChI=1S/C16H13NO3/c17-10-13-8-15(18)14-7-6-12(9-16(14)20-13)19-11-4-2-1-3-5-11/h1-9H,10,17H2. The van der Waals surface area contributed by atoms with Crippen molar-refractivity contribution in [2.75, 3.05) is 0 Å². The molecule has 4 heteroatoms. The second kappa shape index (κ2) is 5.19. The lowest BCUT2D eigenvalue weighted by atomic mass is 10.2. The highest BCUT2D eigenvalue weighted by molar-refractivity contribution is 5.78. The van der Waals surface area contributed by atoms with Crippen LogP contribution in [0.15, 0.2) is 63.8 Å². The fraction of sp³-hybridized carbons (Fsp3) is 0.0625. The van der Waals surface area contributed by atoms with Gasteiger partial charge in [0.25, 0.3) is 0 Å². The van der Waals surface area contributed by atoms with E-state index in [-0.39, 0.29) is 12.0 Å². The zero-order valence-corrected chi connectivity index (χ0v) is 10.7. The lowest BCUT2D eigenvalue weighted by Crippen LogP contribution is -2.05. The van der Waals surface area contributed by atoms with E-state index in [1.54, 1.807) is 18.2 Å². The molecule has 2 N–H and O–H groups in total. The van der Waals surface area contributed by atoms with Crippen LogP contribution in [0.1, 0.15) is 5.76 Å². The molecule has 2 aromatic carbocycles. The first-order valence-corrected chi connectivity index (χ1v) is 6.26. The molecule has 0 aliphatic heterocycles. The summed E-state index contributed by atoms with van der Waals surface area (Å²) in [5.74, 6) is 1.80. The van der Waals surface area contributed by atoms with E-state index >= 15 is 0 Å². The van der Waals surface area contributed by atoms with Gasteiger partial charge in [-0.15, -0.1) is 0 Å². The molecule has 0 saturated heterocycles. The van der Waals surface area contributed by atoms with Gasteiger partial charge in [0.15, 0.2) is 5.43 Å². The van der Waals surface area contributed by atoms with E-state index in [2.05, 4.69) is 0 Å². The molecule has 0 unspecified atom stereocenters. The van der Waals surface area contributed by atoms with Crippen LogP contribution in [0, 0.1) is 0 Å². The number of ether oxygens (including phenoxy) is 1. The molecule has 0 fully saturated rings. The zero-order chi connectivity index (χ0) is 13.9. The highest BCUT2D eigenvalue weighted by Gasteiger charge is 2.06. The molecule has 0 spiro atoms. The Bertz CT molecular complexity index is 794. The van der Waals surface area contributed by atoms with Crippen molar-refractivity contribution in [1.82, 2.24) is 0 Å². The third-order valence-electron chi connectivity index (χ3n) is 2.93. The number of nitrogens with two attached hydrogens (primary N) is 1. The van der Waals surface area contributed by atoms with Crippen molar-refractivity contribution in [3.05, 3.63) is 70.6 Å². The molecular formula is C16H13NO3. The molecule has 100 valence electrons. The van der Waals surface area contributed by atoms with Gasteiger partial charge in [0.2, 0.25) is 0 Å². The summed E-state index contributed by atoms with van der Waals surface area (Å²) >= 11 is 0. The summed E-state index contributed by atoms with van der Waals surface area (Å²) in [4.78, 5) is 11.9. The van der Waals surface area contributed by atoms with Crippen LogP contribution >= 0.6 is 0 Å². The smallest absolute Gasteiger partial charge is 0.193 e. The van der Waals surface area contributed by atoms with Crippen molar-refractivity contribution < 1.29 is 9.15 Å². The summed E-state index contributed by atoms with van der Waals surface area (Å²) in [7, 11) is 0. The van der Waals surface area contributed by atoms with Crippen LogP contribution in [0.4, 0.5) is 0 Å². The average Bonchev–Trinajstić information content (AvgIpc) is 2.48. The van der Waals surface area contributed by atoms with Gasteiger partial charge in [0, 0.05) is 12.1 Å². The van der Waals surface area contributed by atoms with E-state index in [1.165, 1.54) is 6.07 Å². The first-order chi connectivity index (χ1) is 9.76. The normalized spacial score (nSPS) is 10.7. The van der Waals surface area contributed by atoms with Gasteiger partial charge in [-0.05, 0) is 24.3 Å². The molecule has 0 aliphatic rings. The average molecular weight is 267 g/mol. The Morgan fingerprint density at radius 1 is 1.00 bits per heavy atom. The van der Waals surface area contributed by atoms with Gasteiger partial charge < -0.3 is 14.9 Å². The lowest BCUT2D eigenvalue weighted by molar-refractivity contribution is 0.479. The van der Waals surface area contributed by atoms with E-state index < -0.39 is 0 Å². The highest BCUT2D eigenvalue weighted by Crippen LogP contribution is 2.24. The largest absolute Gasteiger partial charge is 0.459 e. The highest BCUT2D eigenvalue weighted by atomic mass is 16.5. The van der Waals surface area contributed by atoms with Gasteiger partial charge in [-0.3, -0.25) is 4.79 Å². The molecule has 1 aromatic heterocycles. The van der Waals surface area contributed by atoms with Crippen molar-refractivity contribution in [2.45, 2.75) is 6.54 Å². The van der Waals surface area contributed by atoms with Crippen LogP contribution < -0.4 is 15.9 Å². The van der Waals surface area contributed by atoms with E-state index in [4.69, 9.17) is 14.9 Å². The Labute approximate surface area is 115 Å². The SMILES string of the molecule is NCc1cc(=O)c2ccc(Oc3ccccc3)cc2o1. The summed E-state index contributed by atoms with van der Waals surface area (Å²) < 4.78 is 11.3. The Morgan fingerprint density at radius 3 is 2.55 bits per heavy atom. The van der Waals surface area contributed by atoms with Crippen molar-refractivity contribution in [1.29, 1.82) is 0 Å². The van der Waals surface area contributed by atoms with Crippen molar-refractivity contribution >= 4 is 11.0 Å². The lowest BCUT2D eigenvalue weighted by Gasteiger charge is -2.06. The molecule has 3 aromatic rings. The summed E-state index contributed by atoms with van der Waals surface area (Å²) in [6.07, 6.45) is 0. The molecule has 4 nitrogen and oxygen atoms in total. The molecule has 0 saturated carbocycles. The zero-order valence-electron chi connectivity index (χ0n) is 10.7. The predicted octanol–water partition coefficient (Wildman–Crippen LogP) is 3.04. The second-order valence-electron chi connectivity index (χ2n) is 4.35.